The van der Waals surface area contributed by atoms with Crippen molar-refractivity contribution in [2.75, 3.05) is 46.1 Å². The van der Waals surface area contributed by atoms with Crippen LogP contribution in [0.25, 0.3) is 6.08 Å². The van der Waals surface area contributed by atoms with Gasteiger partial charge in [-0.05, 0) is 60.3 Å². The van der Waals surface area contributed by atoms with Gasteiger partial charge >= 0.3 is 0 Å². The molecular formula is C33H41Cl2N3O3. The fourth-order valence-electron chi connectivity index (χ4n) is 4.45. The molecule has 0 aromatic heterocycles. The highest BCUT2D eigenvalue weighted by Gasteiger charge is 2.17. The number of anilines is 1. The van der Waals surface area contributed by atoms with E-state index in [9.17, 15) is 9.90 Å². The van der Waals surface area contributed by atoms with Crippen molar-refractivity contribution < 1.29 is 14.6 Å². The summed E-state index contributed by atoms with van der Waals surface area (Å²) in [6.07, 6.45) is 7.46. The molecule has 8 heteroatoms. The molecule has 3 rings (SSSR count). The summed E-state index contributed by atoms with van der Waals surface area (Å²) in [4.78, 5) is 15.8. The van der Waals surface area contributed by atoms with Crippen LogP contribution < -0.4 is 5.73 Å². The number of hydrogen-bond acceptors (Lipinski definition) is 5. The van der Waals surface area contributed by atoms with Crippen LogP contribution in [-0.4, -0.2) is 61.2 Å². The number of nitrogens with zero attached hydrogens (tertiary/aromatic N) is 2. The van der Waals surface area contributed by atoms with Gasteiger partial charge in [0.25, 0.3) is 5.91 Å². The van der Waals surface area contributed by atoms with Gasteiger partial charge in [0.15, 0.2) is 0 Å². The predicted octanol–water partition coefficient (Wildman–Crippen LogP) is 7.10. The van der Waals surface area contributed by atoms with Crippen molar-refractivity contribution in [2.24, 2.45) is 0 Å². The number of hydrogen-bond donors (Lipinski definition) is 2. The van der Waals surface area contributed by atoms with E-state index in [-0.39, 0.29) is 5.91 Å². The second-order valence-corrected chi connectivity index (χ2v) is 11.2. The van der Waals surface area contributed by atoms with Crippen molar-refractivity contribution in [3.8, 4) is 0 Å². The van der Waals surface area contributed by atoms with Crippen molar-refractivity contribution >= 4 is 40.9 Å². The molecule has 0 radical (unpaired) electrons. The highest BCUT2D eigenvalue weighted by molar-refractivity contribution is 6.38. The van der Waals surface area contributed by atoms with E-state index in [4.69, 9.17) is 33.7 Å². The van der Waals surface area contributed by atoms with E-state index in [2.05, 4.69) is 17.0 Å². The highest BCUT2D eigenvalue weighted by atomic mass is 35.5. The van der Waals surface area contributed by atoms with Crippen LogP contribution in [-0.2, 0) is 11.3 Å². The minimum atomic E-state index is -0.728. The second-order valence-electron chi connectivity index (χ2n) is 10.3. The SMILES string of the molecule is CN(C)C(=O)c1ccc(/C=C\COCCCCCCN(Cc2ccccc2)CC(O)c2cc(Cl)c(N)c(Cl)c2)cc1. The number of nitrogen functional groups attached to an aromatic ring is 1. The fraction of sp³-hybridized carbons (Fsp3) is 0.364. The number of amides is 1. The largest absolute Gasteiger partial charge is 0.396 e. The third-order valence-corrected chi connectivity index (χ3v) is 7.39. The van der Waals surface area contributed by atoms with Crippen LogP contribution in [0.15, 0.2) is 72.8 Å². The molecule has 6 nitrogen and oxygen atoms in total. The molecule has 3 aromatic rings. The van der Waals surface area contributed by atoms with Crippen LogP contribution in [0.5, 0.6) is 0 Å². The van der Waals surface area contributed by atoms with Crippen LogP contribution in [0, 0.1) is 0 Å². The summed E-state index contributed by atoms with van der Waals surface area (Å²) in [5.74, 6) is -0.000699. The molecule has 0 spiro atoms. The Bertz CT molecular complexity index is 1230. The van der Waals surface area contributed by atoms with E-state index in [1.54, 1.807) is 31.1 Å². The third-order valence-electron chi connectivity index (χ3n) is 6.77. The predicted molar refractivity (Wildman–Crippen MR) is 170 cm³/mol. The number of ether oxygens (including phenoxy) is 1. The van der Waals surface area contributed by atoms with Crippen LogP contribution in [0.1, 0.15) is 58.8 Å². The third kappa shape index (κ3) is 11.1. The molecular weight excluding hydrogens is 557 g/mol. The smallest absolute Gasteiger partial charge is 0.253 e. The maximum atomic E-state index is 12.0. The lowest BCUT2D eigenvalue weighted by molar-refractivity contribution is 0.0827. The zero-order valence-electron chi connectivity index (χ0n) is 23.9. The summed E-state index contributed by atoms with van der Waals surface area (Å²) in [6, 6.07) is 21.2. The molecule has 0 heterocycles. The number of nitrogens with two attached hydrogens (primary N) is 1. The minimum absolute atomic E-state index is 0.000699. The summed E-state index contributed by atoms with van der Waals surface area (Å²) in [5, 5.41) is 11.6. The summed E-state index contributed by atoms with van der Waals surface area (Å²) in [6.45, 7) is 3.35. The van der Waals surface area contributed by atoms with Gasteiger partial charge in [-0.2, -0.15) is 0 Å². The van der Waals surface area contributed by atoms with E-state index >= 15 is 0 Å². The lowest BCUT2D eigenvalue weighted by Crippen LogP contribution is -2.29. The summed E-state index contributed by atoms with van der Waals surface area (Å²) < 4.78 is 5.76. The minimum Gasteiger partial charge on any atom is -0.396 e. The van der Waals surface area contributed by atoms with Gasteiger partial charge < -0.3 is 20.5 Å². The molecule has 0 fully saturated rings. The zero-order valence-corrected chi connectivity index (χ0v) is 25.5. The molecule has 1 unspecified atom stereocenters. The van der Waals surface area contributed by atoms with Crippen molar-refractivity contribution in [2.45, 2.75) is 38.3 Å². The average molecular weight is 599 g/mol. The van der Waals surface area contributed by atoms with Gasteiger partial charge in [0.1, 0.15) is 0 Å². The van der Waals surface area contributed by atoms with E-state index in [1.807, 2.05) is 54.6 Å². The summed E-state index contributed by atoms with van der Waals surface area (Å²) in [5.41, 5.74) is 9.77. The number of carbonyl (C=O) groups excluding carboxylic acids is 1. The van der Waals surface area contributed by atoms with Crippen LogP contribution in [0.2, 0.25) is 10.0 Å². The number of carbonyl (C=O) groups is 1. The van der Waals surface area contributed by atoms with Crippen LogP contribution >= 0.6 is 23.2 Å². The molecule has 0 bridgehead atoms. The molecule has 0 saturated carbocycles. The van der Waals surface area contributed by atoms with Gasteiger partial charge in [0.2, 0.25) is 0 Å². The molecule has 0 aliphatic heterocycles. The van der Waals surface area contributed by atoms with Crippen molar-refractivity contribution in [1.82, 2.24) is 9.80 Å². The molecule has 220 valence electrons. The Morgan fingerprint density at radius 1 is 0.976 bits per heavy atom. The fourth-order valence-corrected chi connectivity index (χ4v) is 4.95. The molecule has 41 heavy (non-hydrogen) atoms. The maximum absolute atomic E-state index is 12.0. The van der Waals surface area contributed by atoms with Crippen LogP contribution in [0.3, 0.4) is 0 Å². The first-order valence-electron chi connectivity index (χ1n) is 14.0. The van der Waals surface area contributed by atoms with Gasteiger partial charge in [-0.25, -0.2) is 0 Å². The van der Waals surface area contributed by atoms with E-state index < -0.39 is 6.10 Å². The quantitative estimate of drug-likeness (QED) is 0.136. The maximum Gasteiger partial charge on any atom is 0.253 e. The van der Waals surface area contributed by atoms with Gasteiger partial charge in [-0.15, -0.1) is 0 Å². The topological polar surface area (TPSA) is 79.0 Å². The Labute approximate surface area is 254 Å². The van der Waals surface area contributed by atoms with Gasteiger partial charge in [-0.1, -0.05) is 90.7 Å². The summed E-state index contributed by atoms with van der Waals surface area (Å²) in [7, 11) is 3.50. The monoisotopic (exact) mass is 597 g/mol. The number of unbranched alkanes of at least 4 members (excludes halogenated alkanes) is 3. The standard InChI is InChI=1S/C33H41Cl2N3O3/c1-37(2)33(40)27-16-14-25(15-17-27)13-10-20-41-19-9-4-3-8-18-38(23-26-11-6-5-7-12-26)24-31(39)28-21-29(34)32(36)30(35)22-28/h5-7,10-17,21-22,31,39H,3-4,8-9,18-20,23-24,36H2,1-2H3/b13-10-. The highest BCUT2D eigenvalue weighted by Crippen LogP contribution is 2.31. The number of aliphatic hydroxyl groups excluding tert-OH is 1. The Morgan fingerprint density at radius 3 is 2.29 bits per heavy atom. The van der Waals surface area contributed by atoms with Gasteiger partial charge in [0, 0.05) is 39.4 Å². The molecule has 0 aliphatic carbocycles. The number of aliphatic hydroxyl groups is 1. The molecule has 3 N–H and O–H groups in total. The first-order chi connectivity index (χ1) is 19.7. The van der Waals surface area contributed by atoms with Crippen molar-refractivity contribution in [3.05, 3.63) is 105 Å². The van der Waals surface area contributed by atoms with E-state index in [0.717, 1.165) is 44.3 Å². The Hall–Kier alpha value is -2.87. The first kappa shape index (κ1) is 32.6. The molecule has 1 atom stereocenters. The van der Waals surface area contributed by atoms with E-state index in [0.29, 0.717) is 46.6 Å². The Kier molecular flexibility index (Phi) is 13.7. The molecule has 0 saturated heterocycles. The normalized spacial score (nSPS) is 12.2. The lowest BCUT2D eigenvalue weighted by atomic mass is 10.1. The van der Waals surface area contributed by atoms with Crippen molar-refractivity contribution in [3.63, 3.8) is 0 Å². The zero-order chi connectivity index (χ0) is 29.6. The van der Waals surface area contributed by atoms with E-state index in [1.165, 1.54) is 5.56 Å². The van der Waals surface area contributed by atoms with Gasteiger partial charge in [0.05, 0.1) is 28.4 Å². The summed E-state index contributed by atoms with van der Waals surface area (Å²) >= 11 is 12.4. The van der Waals surface area contributed by atoms with Crippen molar-refractivity contribution in [1.29, 1.82) is 0 Å². The average Bonchev–Trinajstić information content (AvgIpc) is 2.96. The molecule has 0 aliphatic rings. The second kappa shape index (κ2) is 17.2. The molecule has 1 amide bonds. The molecule has 3 aromatic carbocycles. The first-order valence-corrected chi connectivity index (χ1v) is 14.7. The number of benzene rings is 3. The number of rotatable bonds is 16. The lowest BCUT2D eigenvalue weighted by Gasteiger charge is -2.26. The Balaban J connectivity index is 1.37. The van der Waals surface area contributed by atoms with Crippen LogP contribution in [0.4, 0.5) is 5.69 Å². The number of halogens is 2. The Morgan fingerprint density at radius 2 is 1.63 bits per heavy atom. The van der Waals surface area contributed by atoms with Gasteiger partial charge in [-0.3, -0.25) is 9.69 Å².